The third-order valence-electron chi connectivity index (χ3n) is 2.91. The number of nitrogens with zero attached hydrogens (tertiary/aromatic N) is 2. The quantitative estimate of drug-likeness (QED) is 0.761. The number of aliphatic hydroxyl groups is 1. The standard InChI is InChI=1S/C10H15N3O3/c1-6-9(13-16-12-6)10(15)11-7-4-2-3-5-8(7)14/h7-8,14H,2-5H2,1H3,(H,11,15). The van der Waals surface area contributed by atoms with Crippen molar-refractivity contribution < 1.29 is 14.5 Å². The Hall–Kier alpha value is -1.43. The fraction of sp³-hybridized carbons (Fsp3) is 0.700. The Kier molecular flexibility index (Phi) is 3.19. The maximum Gasteiger partial charge on any atom is 0.275 e. The zero-order chi connectivity index (χ0) is 11.5. The maximum atomic E-state index is 11.8. The van der Waals surface area contributed by atoms with Gasteiger partial charge in [0.2, 0.25) is 0 Å². The molecule has 16 heavy (non-hydrogen) atoms. The van der Waals surface area contributed by atoms with Crippen LogP contribution in [-0.4, -0.2) is 33.5 Å². The summed E-state index contributed by atoms with van der Waals surface area (Å²) in [5.41, 5.74) is 0.653. The molecule has 2 unspecified atom stereocenters. The van der Waals surface area contributed by atoms with Crippen LogP contribution in [0.2, 0.25) is 0 Å². The Bertz CT molecular complexity index is 377. The minimum Gasteiger partial charge on any atom is -0.391 e. The van der Waals surface area contributed by atoms with Crippen LogP contribution < -0.4 is 5.32 Å². The van der Waals surface area contributed by atoms with E-state index in [1.807, 2.05) is 0 Å². The molecule has 1 aliphatic rings. The summed E-state index contributed by atoms with van der Waals surface area (Å²) >= 11 is 0. The predicted molar refractivity (Wildman–Crippen MR) is 54.8 cm³/mol. The second-order valence-electron chi connectivity index (χ2n) is 4.13. The van der Waals surface area contributed by atoms with Crippen LogP contribution in [-0.2, 0) is 0 Å². The molecule has 0 radical (unpaired) electrons. The van der Waals surface area contributed by atoms with E-state index in [0.29, 0.717) is 5.69 Å². The van der Waals surface area contributed by atoms with E-state index in [2.05, 4.69) is 20.3 Å². The van der Waals surface area contributed by atoms with Gasteiger partial charge in [-0.15, -0.1) is 0 Å². The van der Waals surface area contributed by atoms with Crippen LogP contribution in [0, 0.1) is 6.92 Å². The highest BCUT2D eigenvalue weighted by molar-refractivity contribution is 5.93. The molecule has 2 N–H and O–H groups in total. The van der Waals surface area contributed by atoms with Crippen LogP contribution in [0.5, 0.6) is 0 Å². The highest BCUT2D eigenvalue weighted by Crippen LogP contribution is 2.18. The number of nitrogens with one attached hydrogen (secondary N) is 1. The van der Waals surface area contributed by atoms with E-state index in [1.54, 1.807) is 6.92 Å². The monoisotopic (exact) mass is 225 g/mol. The number of carbonyl (C=O) groups is 1. The van der Waals surface area contributed by atoms with E-state index in [0.717, 1.165) is 25.7 Å². The number of amides is 1. The van der Waals surface area contributed by atoms with E-state index < -0.39 is 6.10 Å². The van der Waals surface area contributed by atoms with Crippen molar-refractivity contribution in [1.29, 1.82) is 0 Å². The molecule has 1 heterocycles. The molecule has 0 aliphatic heterocycles. The Morgan fingerprint density at radius 2 is 2.19 bits per heavy atom. The molecule has 1 fully saturated rings. The summed E-state index contributed by atoms with van der Waals surface area (Å²) in [5.74, 6) is -0.329. The molecule has 2 atom stereocenters. The third-order valence-corrected chi connectivity index (χ3v) is 2.91. The number of aromatic nitrogens is 2. The molecule has 1 saturated carbocycles. The van der Waals surface area contributed by atoms with Crippen molar-refractivity contribution in [3.63, 3.8) is 0 Å². The summed E-state index contributed by atoms with van der Waals surface area (Å²) in [6, 6.07) is -0.183. The van der Waals surface area contributed by atoms with Crippen molar-refractivity contribution in [2.24, 2.45) is 0 Å². The number of hydrogen-bond donors (Lipinski definition) is 2. The highest BCUT2D eigenvalue weighted by Gasteiger charge is 2.26. The van der Waals surface area contributed by atoms with Crippen LogP contribution in [0.4, 0.5) is 0 Å². The van der Waals surface area contributed by atoms with Gasteiger partial charge in [0.25, 0.3) is 5.91 Å². The second kappa shape index (κ2) is 4.61. The molecule has 0 saturated heterocycles. The average molecular weight is 225 g/mol. The highest BCUT2D eigenvalue weighted by atomic mass is 16.6. The zero-order valence-corrected chi connectivity index (χ0v) is 9.14. The Morgan fingerprint density at radius 1 is 1.44 bits per heavy atom. The van der Waals surface area contributed by atoms with Gasteiger partial charge >= 0.3 is 0 Å². The first-order valence-electron chi connectivity index (χ1n) is 5.46. The van der Waals surface area contributed by atoms with Crippen molar-refractivity contribution in [2.75, 3.05) is 0 Å². The van der Waals surface area contributed by atoms with E-state index in [-0.39, 0.29) is 17.6 Å². The predicted octanol–water partition coefficient (Wildman–Crippen LogP) is 0.411. The molecule has 6 nitrogen and oxygen atoms in total. The van der Waals surface area contributed by atoms with Crippen LogP contribution in [0.25, 0.3) is 0 Å². The summed E-state index contributed by atoms with van der Waals surface area (Å²) in [5, 5.41) is 19.5. The fourth-order valence-corrected chi connectivity index (χ4v) is 1.95. The lowest BCUT2D eigenvalue weighted by Crippen LogP contribution is -2.45. The minimum absolute atomic E-state index is 0.183. The van der Waals surface area contributed by atoms with Gasteiger partial charge in [0.05, 0.1) is 12.1 Å². The first-order valence-corrected chi connectivity index (χ1v) is 5.46. The first-order chi connectivity index (χ1) is 7.68. The SMILES string of the molecule is Cc1nonc1C(=O)NC1CCCCC1O. The number of hydrogen-bond acceptors (Lipinski definition) is 5. The van der Waals surface area contributed by atoms with Gasteiger partial charge in [-0.1, -0.05) is 18.0 Å². The summed E-state index contributed by atoms with van der Waals surface area (Å²) in [6.45, 7) is 1.66. The van der Waals surface area contributed by atoms with Crippen LogP contribution in [0.3, 0.4) is 0 Å². The normalized spacial score (nSPS) is 25.4. The van der Waals surface area contributed by atoms with Crippen LogP contribution in [0.15, 0.2) is 4.63 Å². The average Bonchev–Trinajstić information content (AvgIpc) is 2.68. The Morgan fingerprint density at radius 3 is 2.81 bits per heavy atom. The van der Waals surface area contributed by atoms with Crippen molar-refractivity contribution >= 4 is 5.91 Å². The van der Waals surface area contributed by atoms with E-state index >= 15 is 0 Å². The van der Waals surface area contributed by atoms with Gasteiger partial charge in [0, 0.05) is 0 Å². The molecular formula is C10H15N3O3. The summed E-state index contributed by atoms with van der Waals surface area (Å²) < 4.78 is 4.46. The smallest absolute Gasteiger partial charge is 0.275 e. The summed E-state index contributed by atoms with van der Waals surface area (Å²) in [6.07, 6.45) is 3.12. The number of carbonyl (C=O) groups excluding carboxylic acids is 1. The third kappa shape index (κ3) is 2.21. The summed E-state index contributed by atoms with van der Waals surface area (Å²) in [4.78, 5) is 11.8. The molecule has 1 amide bonds. The molecular weight excluding hydrogens is 210 g/mol. The van der Waals surface area contributed by atoms with E-state index in [9.17, 15) is 9.90 Å². The van der Waals surface area contributed by atoms with Gasteiger partial charge in [-0.25, -0.2) is 4.63 Å². The van der Waals surface area contributed by atoms with Crippen molar-refractivity contribution in [3.8, 4) is 0 Å². The van der Waals surface area contributed by atoms with E-state index in [1.165, 1.54) is 0 Å². The largest absolute Gasteiger partial charge is 0.391 e. The topological polar surface area (TPSA) is 88.2 Å². The summed E-state index contributed by atoms with van der Waals surface area (Å²) in [7, 11) is 0. The van der Waals surface area contributed by atoms with Crippen molar-refractivity contribution in [3.05, 3.63) is 11.4 Å². The maximum absolute atomic E-state index is 11.8. The molecule has 0 spiro atoms. The molecule has 6 heteroatoms. The lowest BCUT2D eigenvalue weighted by atomic mass is 9.92. The van der Waals surface area contributed by atoms with Gasteiger partial charge in [-0.2, -0.15) is 0 Å². The Labute approximate surface area is 93.0 Å². The van der Waals surface area contributed by atoms with Crippen molar-refractivity contribution in [2.45, 2.75) is 44.8 Å². The second-order valence-corrected chi connectivity index (χ2v) is 4.13. The van der Waals surface area contributed by atoms with Gasteiger partial charge < -0.3 is 10.4 Å². The molecule has 88 valence electrons. The number of aliphatic hydroxyl groups excluding tert-OH is 1. The zero-order valence-electron chi connectivity index (χ0n) is 9.14. The Balaban J connectivity index is 1.99. The molecule has 2 rings (SSSR count). The van der Waals surface area contributed by atoms with Crippen LogP contribution in [0.1, 0.15) is 41.9 Å². The van der Waals surface area contributed by atoms with Gasteiger partial charge in [0.1, 0.15) is 5.69 Å². The molecule has 1 aliphatic carbocycles. The fourth-order valence-electron chi connectivity index (χ4n) is 1.95. The minimum atomic E-state index is -0.460. The molecule has 1 aromatic rings. The van der Waals surface area contributed by atoms with Crippen LogP contribution >= 0.6 is 0 Å². The number of rotatable bonds is 2. The molecule has 0 bridgehead atoms. The molecule has 0 aromatic carbocycles. The van der Waals surface area contributed by atoms with Crippen molar-refractivity contribution in [1.82, 2.24) is 15.6 Å². The van der Waals surface area contributed by atoms with Gasteiger partial charge in [0.15, 0.2) is 5.69 Å². The van der Waals surface area contributed by atoms with Gasteiger partial charge in [-0.3, -0.25) is 4.79 Å². The lowest BCUT2D eigenvalue weighted by molar-refractivity contribution is 0.0710. The van der Waals surface area contributed by atoms with Gasteiger partial charge in [-0.05, 0) is 24.9 Å². The number of aryl methyl sites for hydroxylation is 1. The first kappa shape index (κ1) is 11.1. The van der Waals surface area contributed by atoms with E-state index in [4.69, 9.17) is 0 Å². The lowest BCUT2D eigenvalue weighted by Gasteiger charge is -2.27. The molecule has 1 aromatic heterocycles.